The van der Waals surface area contributed by atoms with Crippen molar-refractivity contribution in [2.45, 2.75) is 64.8 Å². The molecule has 2 aliphatic carbocycles. The molecule has 0 unspecified atom stereocenters. The standard InChI is InChI=1S/C22H24N4O4S2/c1-2-30-22(29)18-13-8-4-6-10-15(13)31-19(18)23-16(27)11-26-21(28)17-12-7-3-5-9-14(12)32-20(17)24-25-26/h2-11H2,1H3,(H,23,27). The molecule has 0 aliphatic heterocycles. The number of carbonyl (C=O) groups is 2. The summed E-state index contributed by atoms with van der Waals surface area (Å²) in [5.74, 6) is -0.820. The minimum Gasteiger partial charge on any atom is -0.462 e. The zero-order valence-corrected chi connectivity index (χ0v) is 19.5. The maximum atomic E-state index is 13.1. The van der Waals surface area contributed by atoms with Gasteiger partial charge in [0.2, 0.25) is 5.91 Å². The molecule has 0 atom stereocenters. The van der Waals surface area contributed by atoms with Gasteiger partial charge in [-0.25, -0.2) is 9.48 Å². The minimum atomic E-state index is -0.412. The smallest absolute Gasteiger partial charge is 0.341 e. The largest absolute Gasteiger partial charge is 0.462 e. The van der Waals surface area contributed by atoms with E-state index in [1.807, 2.05) is 0 Å². The number of thiophene rings is 2. The molecule has 0 aromatic carbocycles. The predicted molar refractivity (Wildman–Crippen MR) is 124 cm³/mol. The van der Waals surface area contributed by atoms with Crippen molar-refractivity contribution in [3.05, 3.63) is 36.8 Å². The fourth-order valence-electron chi connectivity index (χ4n) is 4.59. The molecule has 2 aliphatic rings. The first-order chi connectivity index (χ1) is 15.6. The monoisotopic (exact) mass is 472 g/mol. The van der Waals surface area contributed by atoms with Crippen LogP contribution >= 0.6 is 22.7 Å². The first-order valence-electron chi connectivity index (χ1n) is 11.1. The maximum absolute atomic E-state index is 13.1. The van der Waals surface area contributed by atoms with Gasteiger partial charge in [0.05, 0.1) is 17.6 Å². The highest BCUT2D eigenvalue weighted by atomic mass is 32.1. The fraction of sp³-hybridized carbons (Fsp3) is 0.500. The molecule has 0 bridgehead atoms. The molecule has 0 fully saturated rings. The lowest BCUT2D eigenvalue weighted by atomic mass is 9.95. The van der Waals surface area contributed by atoms with E-state index in [1.54, 1.807) is 6.92 Å². The summed E-state index contributed by atoms with van der Waals surface area (Å²) in [6, 6.07) is 0. The Morgan fingerprint density at radius 2 is 1.72 bits per heavy atom. The number of amides is 1. The van der Waals surface area contributed by atoms with Gasteiger partial charge in [0, 0.05) is 9.75 Å². The topological polar surface area (TPSA) is 103 Å². The van der Waals surface area contributed by atoms with Gasteiger partial charge in [0.25, 0.3) is 5.56 Å². The minimum absolute atomic E-state index is 0.253. The van der Waals surface area contributed by atoms with Crippen LogP contribution in [-0.2, 0) is 41.8 Å². The Morgan fingerprint density at radius 1 is 1.03 bits per heavy atom. The van der Waals surface area contributed by atoms with E-state index >= 15 is 0 Å². The van der Waals surface area contributed by atoms with E-state index in [2.05, 4.69) is 15.6 Å². The van der Waals surface area contributed by atoms with Crippen molar-refractivity contribution in [2.75, 3.05) is 11.9 Å². The molecule has 3 aromatic rings. The molecule has 1 N–H and O–H groups in total. The Kier molecular flexibility index (Phi) is 5.81. The van der Waals surface area contributed by atoms with Crippen LogP contribution in [0.3, 0.4) is 0 Å². The molecule has 3 heterocycles. The first-order valence-corrected chi connectivity index (χ1v) is 12.7. The van der Waals surface area contributed by atoms with Crippen molar-refractivity contribution in [2.24, 2.45) is 0 Å². The van der Waals surface area contributed by atoms with Gasteiger partial charge in [0.15, 0.2) is 4.83 Å². The molecule has 0 saturated heterocycles. The number of hydrogen-bond donors (Lipinski definition) is 1. The van der Waals surface area contributed by atoms with E-state index in [1.165, 1.54) is 27.6 Å². The molecule has 0 saturated carbocycles. The zero-order valence-electron chi connectivity index (χ0n) is 17.9. The number of carbonyl (C=O) groups excluding carboxylic acids is 2. The lowest BCUT2D eigenvalue weighted by Gasteiger charge is -2.12. The van der Waals surface area contributed by atoms with Crippen LogP contribution in [0.1, 0.15) is 63.8 Å². The number of esters is 1. The van der Waals surface area contributed by atoms with E-state index in [0.717, 1.165) is 72.1 Å². The van der Waals surface area contributed by atoms with Crippen molar-refractivity contribution in [1.82, 2.24) is 15.0 Å². The lowest BCUT2D eigenvalue weighted by molar-refractivity contribution is -0.117. The molecule has 1 amide bonds. The summed E-state index contributed by atoms with van der Waals surface area (Å²) in [4.78, 5) is 41.5. The number of anilines is 1. The molecule has 3 aromatic heterocycles. The van der Waals surface area contributed by atoms with Gasteiger partial charge in [0.1, 0.15) is 11.5 Å². The average Bonchev–Trinajstić information content (AvgIpc) is 3.34. The van der Waals surface area contributed by atoms with Gasteiger partial charge in [-0.3, -0.25) is 9.59 Å². The highest BCUT2D eigenvalue weighted by molar-refractivity contribution is 7.18. The summed E-state index contributed by atoms with van der Waals surface area (Å²) < 4.78 is 6.37. The number of aryl methyl sites for hydroxylation is 3. The Bertz CT molecular complexity index is 1270. The number of aromatic nitrogens is 3. The quantitative estimate of drug-likeness (QED) is 0.570. The number of rotatable bonds is 5. The third-order valence-electron chi connectivity index (χ3n) is 6.04. The van der Waals surface area contributed by atoms with Crippen LogP contribution in [0, 0.1) is 0 Å². The van der Waals surface area contributed by atoms with Crippen molar-refractivity contribution in [1.29, 1.82) is 0 Å². The van der Waals surface area contributed by atoms with E-state index in [4.69, 9.17) is 4.74 Å². The molecule has 0 spiro atoms. The van der Waals surface area contributed by atoms with Crippen LogP contribution in [0.5, 0.6) is 0 Å². The summed E-state index contributed by atoms with van der Waals surface area (Å²) in [6.07, 6.45) is 7.80. The normalized spacial score (nSPS) is 15.3. The summed E-state index contributed by atoms with van der Waals surface area (Å²) in [7, 11) is 0. The molecule has 5 rings (SSSR count). The molecule has 8 nitrogen and oxygen atoms in total. The molecular weight excluding hydrogens is 448 g/mol. The Hall–Kier alpha value is -2.59. The Labute approximate surface area is 192 Å². The van der Waals surface area contributed by atoms with E-state index in [9.17, 15) is 14.4 Å². The zero-order chi connectivity index (χ0) is 22.2. The van der Waals surface area contributed by atoms with E-state index < -0.39 is 11.9 Å². The summed E-state index contributed by atoms with van der Waals surface area (Å²) in [5, 5.41) is 12.1. The molecule has 10 heteroatoms. The van der Waals surface area contributed by atoms with Crippen LogP contribution in [-0.4, -0.2) is 33.5 Å². The van der Waals surface area contributed by atoms with Gasteiger partial charge in [-0.1, -0.05) is 5.21 Å². The molecule has 168 valence electrons. The SMILES string of the molecule is CCOC(=O)c1c(NC(=O)Cn2nnc3sc4c(c3c2=O)CCCC4)sc2c1CCCC2. The second kappa shape index (κ2) is 8.74. The Morgan fingerprint density at radius 3 is 2.47 bits per heavy atom. The van der Waals surface area contributed by atoms with Crippen LogP contribution < -0.4 is 10.9 Å². The third-order valence-corrected chi connectivity index (χ3v) is 8.42. The molecule has 0 radical (unpaired) electrons. The molecular formula is C22H24N4O4S2. The van der Waals surface area contributed by atoms with Crippen LogP contribution in [0.25, 0.3) is 10.2 Å². The second-order valence-electron chi connectivity index (χ2n) is 8.13. The number of ether oxygens (including phenoxy) is 1. The highest BCUT2D eigenvalue weighted by Crippen LogP contribution is 2.38. The van der Waals surface area contributed by atoms with E-state index in [-0.39, 0.29) is 18.7 Å². The van der Waals surface area contributed by atoms with Gasteiger partial charge in [-0.2, -0.15) is 0 Å². The van der Waals surface area contributed by atoms with Crippen molar-refractivity contribution >= 4 is 49.8 Å². The van der Waals surface area contributed by atoms with Gasteiger partial charge in [-0.15, -0.1) is 27.8 Å². The van der Waals surface area contributed by atoms with Crippen LogP contribution in [0.15, 0.2) is 4.79 Å². The van der Waals surface area contributed by atoms with Crippen LogP contribution in [0.4, 0.5) is 5.00 Å². The summed E-state index contributed by atoms with van der Waals surface area (Å²) in [5.41, 5.74) is 2.24. The highest BCUT2D eigenvalue weighted by Gasteiger charge is 2.28. The van der Waals surface area contributed by atoms with Crippen molar-refractivity contribution < 1.29 is 14.3 Å². The second-order valence-corrected chi connectivity index (χ2v) is 10.3. The average molecular weight is 473 g/mol. The van der Waals surface area contributed by atoms with Gasteiger partial charge < -0.3 is 10.1 Å². The maximum Gasteiger partial charge on any atom is 0.341 e. The number of nitrogens with zero attached hydrogens (tertiary/aromatic N) is 3. The van der Waals surface area contributed by atoms with Gasteiger partial charge >= 0.3 is 5.97 Å². The number of hydrogen-bond acceptors (Lipinski definition) is 8. The van der Waals surface area contributed by atoms with E-state index in [0.29, 0.717) is 20.8 Å². The predicted octanol–water partition coefficient (Wildman–Crippen LogP) is 3.49. The fourth-order valence-corrected chi connectivity index (χ4v) is 7.08. The van der Waals surface area contributed by atoms with Gasteiger partial charge in [-0.05, 0) is 69.4 Å². The Balaban J connectivity index is 1.42. The van der Waals surface area contributed by atoms with Crippen molar-refractivity contribution in [3.63, 3.8) is 0 Å². The number of fused-ring (bicyclic) bond motifs is 4. The van der Waals surface area contributed by atoms with Crippen LogP contribution in [0.2, 0.25) is 0 Å². The first kappa shape index (κ1) is 21.3. The lowest BCUT2D eigenvalue weighted by Crippen LogP contribution is -2.30. The summed E-state index contributed by atoms with van der Waals surface area (Å²) in [6.45, 7) is 1.78. The van der Waals surface area contributed by atoms with Crippen molar-refractivity contribution in [3.8, 4) is 0 Å². The summed E-state index contributed by atoms with van der Waals surface area (Å²) >= 11 is 2.96. The number of nitrogens with one attached hydrogen (secondary N) is 1. The third kappa shape index (κ3) is 3.75. The molecule has 32 heavy (non-hydrogen) atoms.